The van der Waals surface area contributed by atoms with Gasteiger partial charge >= 0.3 is 12.1 Å². The quantitative estimate of drug-likeness (QED) is 0.749. The number of carbonyl (C=O) groups is 1. The van der Waals surface area contributed by atoms with Crippen molar-refractivity contribution >= 4 is 5.91 Å². The number of hydrogen-bond donors (Lipinski definition) is 1. The number of halogens is 3. The van der Waals surface area contributed by atoms with Crippen molar-refractivity contribution in [1.82, 2.24) is 5.32 Å². The maximum Gasteiger partial charge on any atom is 0.471 e. The summed E-state index contributed by atoms with van der Waals surface area (Å²) in [5, 5.41) is 10.3. The molecule has 1 atom stereocenters. The first-order chi connectivity index (χ1) is 6.13. The van der Waals surface area contributed by atoms with Gasteiger partial charge in [-0.25, -0.2) is 0 Å². The van der Waals surface area contributed by atoms with E-state index in [2.05, 4.69) is 0 Å². The number of hydrogen-bond acceptors (Lipinski definition) is 2. The average molecular weight is 208 g/mol. The molecule has 0 aromatic rings. The van der Waals surface area contributed by atoms with Crippen molar-refractivity contribution in [3.05, 3.63) is 0 Å². The fourth-order valence-corrected chi connectivity index (χ4v) is 0.608. The van der Waals surface area contributed by atoms with Gasteiger partial charge in [0.15, 0.2) is 0 Å². The van der Waals surface area contributed by atoms with Crippen LogP contribution in [0.4, 0.5) is 13.2 Å². The molecule has 3 nitrogen and oxygen atoms in total. The second-order valence-corrected chi connectivity index (χ2v) is 3.42. The Morgan fingerprint density at radius 3 is 2.07 bits per heavy atom. The van der Waals surface area contributed by atoms with Crippen LogP contribution in [-0.4, -0.2) is 17.6 Å². The second kappa shape index (κ2) is 3.86. The van der Waals surface area contributed by atoms with Crippen LogP contribution >= 0.6 is 0 Å². The van der Waals surface area contributed by atoms with Gasteiger partial charge in [0, 0.05) is 0 Å². The Hall–Kier alpha value is -1.25. The van der Waals surface area contributed by atoms with Crippen molar-refractivity contribution in [2.24, 2.45) is 5.92 Å². The molecule has 0 saturated carbocycles. The molecular weight excluding hydrogens is 197 g/mol. The Morgan fingerprint density at radius 1 is 1.43 bits per heavy atom. The fourth-order valence-electron chi connectivity index (χ4n) is 0.608. The molecule has 0 aliphatic rings. The highest BCUT2D eigenvalue weighted by atomic mass is 19.4. The third-order valence-electron chi connectivity index (χ3n) is 2.02. The molecule has 1 N–H and O–H groups in total. The highest BCUT2D eigenvalue weighted by Crippen LogP contribution is 2.20. The number of nitriles is 1. The molecular formula is C8H11F3N2O. The minimum Gasteiger partial charge on any atom is -0.330 e. The van der Waals surface area contributed by atoms with E-state index in [0.29, 0.717) is 0 Å². The van der Waals surface area contributed by atoms with Crippen molar-refractivity contribution in [3.8, 4) is 6.07 Å². The van der Waals surface area contributed by atoms with Crippen LogP contribution in [0.25, 0.3) is 0 Å². The highest BCUT2D eigenvalue weighted by Gasteiger charge is 2.43. The van der Waals surface area contributed by atoms with E-state index < -0.39 is 23.5 Å². The van der Waals surface area contributed by atoms with Crippen molar-refractivity contribution in [2.75, 3.05) is 0 Å². The number of nitrogens with zero attached hydrogens (tertiary/aromatic N) is 1. The summed E-state index contributed by atoms with van der Waals surface area (Å²) in [6, 6.07) is 1.65. The third-order valence-corrected chi connectivity index (χ3v) is 2.02. The van der Waals surface area contributed by atoms with Gasteiger partial charge in [0.2, 0.25) is 0 Å². The van der Waals surface area contributed by atoms with Gasteiger partial charge in [-0.15, -0.1) is 0 Å². The summed E-state index contributed by atoms with van der Waals surface area (Å²) in [4.78, 5) is 10.6. The highest BCUT2D eigenvalue weighted by molar-refractivity contribution is 5.82. The van der Waals surface area contributed by atoms with Crippen molar-refractivity contribution in [2.45, 2.75) is 32.5 Å². The SMILES string of the molecule is CC(C)C(C)(C#N)NC(=O)C(F)(F)F. The maximum atomic E-state index is 11.9. The molecule has 0 fully saturated rings. The zero-order chi connectivity index (χ0) is 11.6. The molecule has 0 aliphatic heterocycles. The molecule has 0 aromatic carbocycles. The first-order valence-electron chi connectivity index (χ1n) is 3.94. The summed E-state index contributed by atoms with van der Waals surface area (Å²) in [7, 11) is 0. The normalized spacial score (nSPS) is 15.9. The lowest BCUT2D eigenvalue weighted by Gasteiger charge is -2.27. The second-order valence-electron chi connectivity index (χ2n) is 3.42. The van der Waals surface area contributed by atoms with E-state index in [0.717, 1.165) is 0 Å². The monoisotopic (exact) mass is 208 g/mol. The Bertz CT molecular complexity index is 267. The van der Waals surface area contributed by atoms with Crippen LogP contribution in [0, 0.1) is 17.2 Å². The molecule has 0 aliphatic carbocycles. The van der Waals surface area contributed by atoms with E-state index in [4.69, 9.17) is 5.26 Å². The van der Waals surface area contributed by atoms with Crippen LogP contribution in [0.2, 0.25) is 0 Å². The summed E-state index contributed by atoms with van der Waals surface area (Å²) in [5.74, 6) is -2.49. The molecule has 1 amide bonds. The van der Waals surface area contributed by atoms with Crippen LogP contribution in [-0.2, 0) is 4.79 Å². The lowest BCUT2D eigenvalue weighted by Crippen LogP contribution is -2.53. The Balaban J connectivity index is 4.68. The van der Waals surface area contributed by atoms with E-state index in [9.17, 15) is 18.0 Å². The van der Waals surface area contributed by atoms with Gasteiger partial charge in [-0.3, -0.25) is 4.79 Å². The topological polar surface area (TPSA) is 52.9 Å². The fraction of sp³-hybridized carbons (Fsp3) is 0.750. The van der Waals surface area contributed by atoms with Gasteiger partial charge in [-0.2, -0.15) is 18.4 Å². The summed E-state index contributed by atoms with van der Waals surface area (Å²) in [6.45, 7) is 4.36. The van der Waals surface area contributed by atoms with Crippen LogP contribution in [0.15, 0.2) is 0 Å². The van der Waals surface area contributed by atoms with E-state index in [-0.39, 0.29) is 0 Å². The number of carbonyl (C=O) groups excluding carboxylic acids is 1. The number of nitrogens with one attached hydrogen (secondary N) is 1. The predicted molar refractivity (Wildman–Crippen MR) is 43.1 cm³/mol. The van der Waals surface area contributed by atoms with Crippen molar-refractivity contribution in [1.29, 1.82) is 5.26 Å². The summed E-state index contributed by atoms with van der Waals surface area (Å²) >= 11 is 0. The summed E-state index contributed by atoms with van der Waals surface area (Å²) in [6.07, 6.45) is -4.95. The summed E-state index contributed by atoms with van der Waals surface area (Å²) in [5.41, 5.74) is -1.49. The van der Waals surface area contributed by atoms with Crippen molar-refractivity contribution < 1.29 is 18.0 Å². The zero-order valence-electron chi connectivity index (χ0n) is 8.07. The molecule has 0 bridgehead atoms. The number of amides is 1. The van der Waals surface area contributed by atoms with E-state index in [1.807, 2.05) is 0 Å². The first-order valence-corrected chi connectivity index (χ1v) is 3.94. The van der Waals surface area contributed by atoms with E-state index >= 15 is 0 Å². The van der Waals surface area contributed by atoms with Gasteiger partial charge < -0.3 is 5.32 Å². The minimum absolute atomic E-state index is 0.404. The molecule has 14 heavy (non-hydrogen) atoms. The van der Waals surface area contributed by atoms with Gasteiger partial charge in [0.05, 0.1) is 6.07 Å². The zero-order valence-corrected chi connectivity index (χ0v) is 8.07. The molecule has 6 heteroatoms. The van der Waals surface area contributed by atoms with E-state index in [1.54, 1.807) is 25.2 Å². The molecule has 0 radical (unpaired) electrons. The molecule has 0 aromatic heterocycles. The van der Waals surface area contributed by atoms with Crippen LogP contribution in [0.3, 0.4) is 0 Å². The van der Waals surface area contributed by atoms with Gasteiger partial charge in [0.25, 0.3) is 0 Å². The standard InChI is InChI=1S/C8H11F3N2O/c1-5(2)7(3,4-12)13-6(14)8(9,10)11/h5H,1-3H3,(H,13,14). The van der Waals surface area contributed by atoms with Crippen LogP contribution in [0.5, 0.6) is 0 Å². The Morgan fingerprint density at radius 2 is 1.86 bits per heavy atom. The first kappa shape index (κ1) is 12.8. The third kappa shape index (κ3) is 2.91. The molecule has 0 heterocycles. The largest absolute Gasteiger partial charge is 0.471 e. The van der Waals surface area contributed by atoms with Gasteiger partial charge in [-0.05, 0) is 12.8 Å². The molecule has 0 rings (SSSR count). The van der Waals surface area contributed by atoms with Crippen molar-refractivity contribution in [3.63, 3.8) is 0 Å². The summed E-state index contributed by atoms with van der Waals surface area (Å²) < 4.78 is 35.6. The smallest absolute Gasteiger partial charge is 0.330 e. The van der Waals surface area contributed by atoms with Gasteiger partial charge in [-0.1, -0.05) is 13.8 Å². The molecule has 80 valence electrons. The van der Waals surface area contributed by atoms with Crippen LogP contribution in [0.1, 0.15) is 20.8 Å². The lowest BCUT2D eigenvalue weighted by atomic mass is 9.90. The van der Waals surface area contributed by atoms with Crippen LogP contribution < -0.4 is 5.32 Å². The van der Waals surface area contributed by atoms with E-state index in [1.165, 1.54) is 6.92 Å². The number of alkyl halides is 3. The average Bonchev–Trinajstić information content (AvgIpc) is 2.02. The Kier molecular flexibility index (Phi) is 3.52. The maximum absolute atomic E-state index is 11.9. The predicted octanol–water partition coefficient (Wildman–Crippen LogP) is 1.60. The van der Waals surface area contributed by atoms with Gasteiger partial charge in [0.1, 0.15) is 5.54 Å². The lowest BCUT2D eigenvalue weighted by molar-refractivity contribution is -0.175. The molecule has 0 saturated heterocycles. The molecule has 0 spiro atoms. The molecule has 1 unspecified atom stereocenters. The minimum atomic E-state index is -4.95. The Labute approximate surface area is 79.9 Å². The number of rotatable bonds is 2.